The van der Waals surface area contributed by atoms with E-state index in [1.165, 1.54) is 4.68 Å². The quantitative estimate of drug-likeness (QED) is 0.881. The largest absolute Gasteiger partial charge is 0.376 e. The van der Waals surface area contributed by atoms with E-state index < -0.39 is 0 Å². The van der Waals surface area contributed by atoms with Crippen LogP contribution in [0.5, 0.6) is 0 Å². The van der Waals surface area contributed by atoms with Gasteiger partial charge in [-0.05, 0) is 13.3 Å². The van der Waals surface area contributed by atoms with Gasteiger partial charge in [-0.3, -0.25) is 9.89 Å². The maximum absolute atomic E-state index is 12.0. The highest BCUT2D eigenvalue weighted by molar-refractivity contribution is 6.32. The average molecular weight is 282 g/mol. The van der Waals surface area contributed by atoms with E-state index in [-0.39, 0.29) is 16.6 Å². The van der Waals surface area contributed by atoms with Crippen molar-refractivity contribution in [2.75, 3.05) is 5.32 Å². The predicted molar refractivity (Wildman–Crippen MR) is 74.4 cm³/mol. The second-order valence-corrected chi connectivity index (χ2v) is 4.68. The van der Waals surface area contributed by atoms with Crippen molar-refractivity contribution in [1.29, 1.82) is 0 Å². The molecule has 102 valence electrons. The van der Waals surface area contributed by atoms with Crippen LogP contribution in [-0.4, -0.2) is 20.0 Å². The van der Waals surface area contributed by atoms with E-state index in [1.54, 1.807) is 18.6 Å². The van der Waals surface area contributed by atoms with E-state index >= 15 is 0 Å². The Hall–Kier alpha value is -1.82. The topological polar surface area (TPSA) is 75.6 Å². The van der Waals surface area contributed by atoms with Gasteiger partial charge in [-0.25, -0.2) is 4.68 Å². The van der Waals surface area contributed by atoms with Gasteiger partial charge in [0, 0.05) is 18.3 Å². The Balaban J connectivity index is 2.22. The van der Waals surface area contributed by atoms with Gasteiger partial charge in [0.2, 0.25) is 0 Å². The van der Waals surface area contributed by atoms with Crippen LogP contribution in [0.25, 0.3) is 0 Å². The van der Waals surface area contributed by atoms with Gasteiger partial charge in [0.25, 0.3) is 5.56 Å². The number of hydrogen-bond donors (Lipinski definition) is 2. The molecule has 7 heteroatoms. The van der Waals surface area contributed by atoms with E-state index in [4.69, 9.17) is 11.6 Å². The van der Waals surface area contributed by atoms with Crippen LogP contribution in [0.3, 0.4) is 0 Å². The molecule has 0 aliphatic rings. The number of rotatable bonds is 5. The minimum atomic E-state index is -0.270. The van der Waals surface area contributed by atoms with E-state index in [9.17, 15) is 4.79 Å². The van der Waals surface area contributed by atoms with Gasteiger partial charge < -0.3 is 5.32 Å². The van der Waals surface area contributed by atoms with Crippen molar-refractivity contribution in [1.82, 2.24) is 20.0 Å². The lowest BCUT2D eigenvalue weighted by Gasteiger charge is -2.15. The molecule has 0 aliphatic heterocycles. The lowest BCUT2D eigenvalue weighted by Crippen LogP contribution is -2.24. The first kappa shape index (κ1) is 13.6. The summed E-state index contributed by atoms with van der Waals surface area (Å²) in [7, 11) is 0. The molecule has 2 aromatic heterocycles. The van der Waals surface area contributed by atoms with Crippen LogP contribution >= 0.6 is 11.6 Å². The summed E-state index contributed by atoms with van der Waals surface area (Å²) >= 11 is 6.08. The fourth-order valence-corrected chi connectivity index (χ4v) is 1.95. The van der Waals surface area contributed by atoms with Crippen molar-refractivity contribution in [3.05, 3.63) is 39.5 Å². The monoisotopic (exact) mass is 281 g/mol. The Bertz CT molecular complexity index is 593. The second kappa shape index (κ2) is 5.88. The summed E-state index contributed by atoms with van der Waals surface area (Å²) in [6, 6.07) is -0.0144. The third-order valence-corrected chi connectivity index (χ3v) is 3.18. The second-order valence-electron chi connectivity index (χ2n) is 4.30. The van der Waals surface area contributed by atoms with Crippen LogP contribution in [-0.2, 0) is 6.54 Å². The Kier molecular flexibility index (Phi) is 4.21. The van der Waals surface area contributed by atoms with Crippen molar-refractivity contribution in [2.24, 2.45) is 0 Å². The van der Waals surface area contributed by atoms with Crippen molar-refractivity contribution < 1.29 is 0 Å². The molecule has 2 rings (SSSR count). The van der Waals surface area contributed by atoms with Crippen molar-refractivity contribution in [2.45, 2.75) is 32.9 Å². The Morgan fingerprint density at radius 1 is 1.53 bits per heavy atom. The lowest BCUT2D eigenvalue weighted by atomic mass is 10.2. The average Bonchev–Trinajstić information content (AvgIpc) is 2.92. The SMILES string of the molecule is CCCn1ncc(NC(C)c2cn[nH]c2)c(Cl)c1=O. The molecule has 1 atom stereocenters. The zero-order chi connectivity index (χ0) is 13.8. The van der Waals surface area contributed by atoms with Crippen LogP contribution in [0.2, 0.25) is 5.02 Å². The summed E-state index contributed by atoms with van der Waals surface area (Å²) in [4.78, 5) is 12.0. The summed E-state index contributed by atoms with van der Waals surface area (Å²) in [6.45, 7) is 4.50. The molecule has 0 amide bonds. The number of hydrogen-bond acceptors (Lipinski definition) is 4. The Labute approximate surface area is 115 Å². The molecule has 0 fully saturated rings. The zero-order valence-corrected chi connectivity index (χ0v) is 11.6. The molecule has 0 spiro atoms. The number of halogens is 1. The number of nitrogens with zero attached hydrogens (tertiary/aromatic N) is 3. The minimum absolute atomic E-state index is 0.0144. The van der Waals surface area contributed by atoms with Gasteiger partial charge >= 0.3 is 0 Å². The Morgan fingerprint density at radius 2 is 2.32 bits per heavy atom. The van der Waals surface area contributed by atoms with E-state index in [2.05, 4.69) is 20.6 Å². The molecule has 2 heterocycles. The normalized spacial score (nSPS) is 12.4. The van der Waals surface area contributed by atoms with Crippen molar-refractivity contribution in [3.63, 3.8) is 0 Å². The van der Waals surface area contributed by atoms with Crippen LogP contribution in [0, 0.1) is 0 Å². The van der Waals surface area contributed by atoms with Gasteiger partial charge in [-0.2, -0.15) is 10.2 Å². The summed E-state index contributed by atoms with van der Waals surface area (Å²) < 4.78 is 1.37. The Morgan fingerprint density at radius 3 is 2.95 bits per heavy atom. The number of aromatic nitrogens is 4. The summed E-state index contributed by atoms with van der Waals surface area (Å²) in [5.41, 5.74) is 1.24. The van der Waals surface area contributed by atoms with Crippen LogP contribution in [0.15, 0.2) is 23.4 Å². The maximum atomic E-state index is 12.0. The molecule has 0 saturated carbocycles. The zero-order valence-electron chi connectivity index (χ0n) is 10.9. The first-order valence-corrected chi connectivity index (χ1v) is 6.52. The van der Waals surface area contributed by atoms with Gasteiger partial charge in [0.1, 0.15) is 5.02 Å². The van der Waals surface area contributed by atoms with E-state index in [0.29, 0.717) is 12.2 Å². The van der Waals surface area contributed by atoms with E-state index in [1.807, 2.05) is 13.8 Å². The van der Waals surface area contributed by atoms with Gasteiger partial charge in [-0.15, -0.1) is 0 Å². The van der Waals surface area contributed by atoms with E-state index in [0.717, 1.165) is 12.0 Å². The highest BCUT2D eigenvalue weighted by atomic mass is 35.5. The summed E-state index contributed by atoms with van der Waals surface area (Å²) in [5.74, 6) is 0. The standard InChI is InChI=1S/C12H16ClN5O/c1-3-4-18-12(19)11(13)10(7-16-18)17-8(2)9-5-14-15-6-9/h5-8,17H,3-4H2,1-2H3,(H,14,15). The molecule has 0 radical (unpaired) electrons. The first-order chi connectivity index (χ1) is 9.13. The highest BCUT2D eigenvalue weighted by Crippen LogP contribution is 2.22. The van der Waals surface area contributed by atoms with Crippen LogP contribution in [0.4, 0.5) is 5.69 Å². The first-order valence-electron chi connectivity index (χ1n) is 6.14. The molecule has 0 aliphatic carbocycles. The molecule has 2 N–H and O–H groups in total. The summed E-state index contributed by atoms with van der Waals surface area (Å²) in [5, 5.41) is 14.0. The van der Waals surface area contributed by atoms with Crippen LogP contribution < -0.4 is 10.9 Å². The smallest absolute Gasteiger partial charge is 0.287 e. The summed E-state index contributed by atoms with van der Waals surface area (Å²) in [6.07, 6.45) is 5.92. The number of anilines is 1. The van der Waals surface area contributed by atoms with Crippen molar-refractivity contribution >= 4 is 17.3 Å². The van der Waals surface area contributed by atoms with Crippen LogP contribution in [0.1, 0.15) is 31.9 Å². The predicted octanol–water partition coefficient (Wildman–Crippen LogP) is 2.20. The van der Waals surface area contributed by atoms with Gasteiger partial charge in [0.05, 0.1) is 24.1 Å². The number of H-pyrrole nitrogens is 1. The van der Waals surface area contributed by atoms with Crippen molar-refractivity contribution in [3.8, 4) is 0 Å². The number of nitrogens with one attached hydrogen (secondary N) is 2. The fourth-order valence-electron chi connectivity index (χ4n) is 1.75. The molecular weight excluding hydrogens is 266 g/mol. The molecule has 2 aromatic rings. The molecule has 0 aromatic carbocycles. The van der Waals surface area contributed by atoms with Gasteiger partial charge in [-0.1, -0.05) is 18.5 Å². The van der Waals surface area contributed by atoms with Gasteiger partial charge in [0.15, 0.2) is 0 Å². The number of aromatic amines is 1. The highest BCUT2D eigenvalue weighted by Gasteiger charge is 2.12. The number of aryl methyl sites for hydroxylation is 1. The maximum Gasteiger partial charge on any atom is 0.287 e. The molecule has 1 unspecified atom stereocenters. The third kappa shape index (κ3) is 2.96. The fraction of sp³-hybridized carbons (Fsp3) is 0.417. The molecule has 19 heavy (non-hydrogen) atoms. The molecule has 0 saturated heterocycles. The molecular formula is C12H16ClN5O. The lowest BCUT2D eigenvalue weighted by molar-refractivity contribution is 0.568. The molecule has 0 bridgehead atoms. The minimum Gasteiger partial charge on any atom is -0.376 e. The third-order valence-electron chi connectivity index (χ3n) is 2.81. The molecule has 6 nitrogen and oxygen atoms in total.